The molecule has 1 aromatic rings. The second kappa shape index (κ2) is 10.0. The van der Waals surface area contributed by atoms with Crippen molar-refractivity contribution in [3.8, 4) is 0 Å². The maximum atomic E-state index is 3.79. The molecule has 0 bridgehead atoms. The molecule has 1 N–H and O–H groups in total. The molecule has 0 amide bonds. The van der Waals surface area contributed by atoms with Gasteiger partial charge in [-0.3, -0.25) is 0 Å². The van der Waals surface area contributed by atoms with Gasteiger partial charge in [0.15, 0.2) is 0 Å². The topological polar surface area (TPSA) is 12.0 Å². The smallest absolute Gasteiger partial charge is 0.0136 e. The SMILES string of the molecule is CCCNC(Cc1ccccc1)C(CCC)CCC. The summed E-state index contributed by atoms with van der Waals surface area (Å²) >= 11 is 0. The molecule has 108 valence electrons. The zero-order valence-electron chi connectivity index (χ0n) is 13.0. The predicted octanol–water partition coefficient (Wildman–Crippen LogP) is 4.81. The highest BCUT2D eigenvalue weighted by Crippen LogP contribution is 2.21. The molecule has 1 aromatic carbocycles. The molecule has 1 heteroatoms. The minimum absolute atomic E-state index is 0.641. The van der Waals surface area contributed by atoms with E-state index in [0.717, 1.165) is 12.5 Å². The van der Waals surface area contributed by atoms with Gasteiger partial charge < -0.3 is 5.32 Å². The van der Waals surface area contributed by atoms with Crippen molar-refractivity contribution in [2.24, 2.45) is 5.92 Å². The zero-order valence-corrected chi connectivity index (χ0v) is 13.0. The van der Waals surface area contributed by atoms with Crippen LogP contribution < -0.4 is 5.32 Å². The highest BCUT2D eigenvalue weighted by Gasteiger charge is 2.19. The number of benzene rings is 1. The Morgan fingerprint density at radius 1 is 0.895 bits per heavy atom. The van der Waals surface area contributed by atoms with E-state index < -0.39 is 0 Å². The van der Waals surface area contributed by atoms with E-state index in [2.05, 4.69) is 56.4 Å². The fourth-order valence-electron chi connectivity index (χ4n) is 2.89. The standard InChI is InChI=1S/C18H31N/c1-4-10-17(11-5-2)18(19-14-6-3)15-16-12-8-7-9-13-16/h7-9,12-13,17-19H,4-6,10-11,14-15H2,1-3H3. The summed E-state index contributed by atoms with van der Waals surface area (Å²) in [6.07, 6.45) is 7.68. The fraction of sp³-hybridized carbons (Fsp3) is 0.667. The summed E-state index contributed by atoms with van der Waals surface area (Å²) in [6, 6.07) is 11.6. The van der Waals surface area contributed by atoms with Crippen LogP contribution in [0, 0.1) is 5.92 Å². The molecule has 0 aromatic heterocycles. The lowest BCUT2D eigenvalue weighted by Gasteiger charge is -2.28. The maximum absolute atomic E-state index is 3.79. The molecule has 1 rings (SSSR count). The van der Waals surface area contributed by atoms with E-state index in [0.29, 0.717) is 6.04 Å². The third-order valence-corrected chi connectivity index (χ3v) is 3.84. The normalized spacial score (nSPS) is 12.8. The highest BCUT2D eigenvalue weighted by molar-refractivity contribution is 5.16. The summed E-state index contributed by atoms with van der Waals surface area (Å²) in [7, 11) is 0. The molecule has 0 aliphatic carbocycles. The number of hydrogen-bond donors (Lipinski definition) is 1. The van der Waals surface area contributed by atoms with Crippen molar-refractivity contribution in [1.29, 1.82) is 0 Å². The second-order valence-corrected chi connectivity index (χ2v) is 5.59. The molecular weight excluding hydrogens is 230 g/mol. The van der Waals surface area contributed by atoms with E-state index >= 15 is 0 Å². The Morgan fingerprint density at radius 2 is 1.53 bits per heavy atom. The van der Waals surface area contributed by atoms with Crippen LogP contribution in [0.4, 0.5) is 0 Å². The Bertz CT molecular complexity index is 301. The Hall–Kier alpha value is -0.820. The minimum Gasteiger partial charge on any atom is -0.313 e. The largest absolute Gasteiger partial charge is 0.313 e. The summed E-state index contributed by atoms with van der Waals surface area (Å²) in [6.45, 7) is 8.01. The van der Waals surface area contributed by atoms with Gasteiger partial charge in [0.1, 0.15) is 0 Å². The molecule has 0 saturated carbocycles. The molecule has 1 atom stereocenters. The molecule has 0 radical (unpaired) electrons. The van der Waals surface area contributed by atoms with Crippen molar-refractivity contribution in [3.63, 3.8) is 0 Å². The minimum atomic E-state index is 0.641. The van der Waals surface area contributed by atoms with E-state index in [1.54, 1.807) is 0 Å². The van der Waals surface area contributed by atoms with Gasteiger partial charge in [0.25, 0.3) is 0 Å². The molecule has 19 heavy (non-hydrogen) atoms. The first kappa shape index (κ1) is 16.2. The lowest BCUT2D eigenvalue weighted by atomic mass is 9.86. The van der Waals surface area contributed by atoms with Crippen molar-refractivity contribution in [2.45, 2.75) is 65.3 Å². The van der Waals surface area contributed by atoms with E-state index in [-0.39, 0.29) is 0 Å². The molecule has 0 fully saturated rings. The van der Waals surface area contributed by atoms with Gasteiger partial charge in [0.05, 0.1) is 0 Å². The Kier molecular flexibility index (Phi) is 8.57. The highest BCUT2D eigenvalue weighted by atomic mass is 14.9. The average Bonchev–Trinajstić information content (AvgIpc) is 2.44. The monoisotopic (exact) mass is 261 g/mol. The fourth-order valence-corrected chi connectivity index (χ4v) is 2.89. The van der Waals surface area contributed by atoms with Crippen LogP contribution in [0.3, 0.4) is 0 Å². The average molecular weight is 261 g/mol. The van der Waals surface area contributed by atoms with Gasteiger partial charge in [0, 0.05) is 6.04 Å². The maximum Gasteiger partial charge on any atom is 0.0136 e. The molecule has 0 aliphatic rings. The van der Waals surface area contributed by atoms with Crippen molar-refractivity contribution in [3.05, 3.63) is 35.9 Å². The van der Waals surface area contributed by atoms with Gasteiger partial charge in [-0.15, -0.1) is 0 Å². The second-order valence-electron chi connectivity index (χ2n) is 5.59. The predicted molar refractivity (Wildman–Crippen MR) is 85.5 cm³/mol. The Labute approximate surface area is 119 Å². The summed E-state index contributed by atoms with van der Waals surface area (Å²) < 4.78 is 0. The first-order valence-electron chi connectivity index (χ1n) is 8.09. The van der Waals surface area contributed by atoms with Crippen molar-refractivity contribution < 1.29 is 0 Å². The third kappa shape index (κ3) is 6.24. The van der Waals surface area contributed by atoms with Crippen LogP contribution in [0.1, 0.15) is 58.4 Å². The van der Waals surface area contributed by atoms with Gasteiger partial charge in [0.2, 0.25) is 0 Å². The number of rotatable bonds is 10. The van der Waals surface area contributed by atoms with Crippen LogP contribution in [0.2, 0.25) is 0 Å². The number of nitrogens with one attached hydrogen (secondary N) is 1. The third-order valence-electron chi connectivity index (χ3n) is 3.84. The van der Waals surface area contributed by atoms with E-state index in [1.165, 1.54) is 44.1 Å². The lowest BCUT2D eigenvalue weighted by Crippen LogP contribution is -2.38. The van der Waals surface area contributed by atoms with Gasteiger partial charge in [-0.1, -0.05) is 63.9 Å². The van der Waals surface area contributed by atoms with Crippen LogP contribution in [0.5, 0.6) is 0 Å². The van der Waals surface area contributed by atoms with Crippen LogP contribution in [-0.2, 0) is 6.42 Å². The van der Waals surface area contributed by atoms with E-state index in [1.807, 2.05) is 0 Å². The summed E-state index contributed by atoms with van der Waals surface area (Å²) in [5.74, 6) is 0.821. The first-order valence-corrected chi connectivity index (χ1v) is 8.09. The van der Waals surface area contributed by atoms with Crippen LogP contribution in [0.15, 0.2) is 30.3 Å². The van der Waals surface area contributed by atoms with Gasteiger partial charge in [-0.25, -0.2) is 0 Å². The molecule has 0 heterocycles. The summed E-state index contributed by atoms with van der Waals surface area (Å²) in [5.41, 5.74) is 1.47. The molecule has 1 nitrogen and oxygen atoms in total. The number of hydrogen-bond acceptors (Lipinski definition) is 1. The first-order chi connectivity index (χ1) is 9.31. The zero-order chi connectivity index (χ0) is 13.9. The summed E-state index contributed by atoms with van der Waals surface area (Å²) in [4.78, 5) is 0. The lowest BCUT2D eigenvalue weighted by molar-refractivity contribution is 0.308. The Morgan fingerprint density at radius 3 is 2.05 bits per heavy atom. The molecule has 1 unspecified atom stereocenters. The van der Waals surface area contributed by atoms with E-state index in [4.69, 9.17) is 0 Å². The van der Waals surface area contributed by atoms with Crippen LogP contribution in [0.25, 0.3) is 0 Å². The molecule has 0 spiro atoms. The van der Waals surface area contributed by atoms with Gasteiger partial charge >= 0.3 is 0 Å². The van der Waals surface area contributed by atoms with Crippen molar-refractivity contribution in [2.75, 3.05) is 6.54 Å². The Balaban J connectivity index is 2.67. The molecule has 0 saturated heterocycles. The van der Waals surface area contributed by atoms with E-state index in [9.17, 15) is 0 Å². The quantitative estimate of drug-likeness (QED) is 0.637. The van der Waals surface area contributed by atoms with Crippen LogP contribution >= 0.6 is 0 Å². The molecular formula is C18H31N. The van der Waals surface area contributed by atoms with Crippen molar-refractivity contribution in [1.82, 2.24) is 5.32 Å². The van der Waals surface area contributed by atoms with Gasteiger partial charge in [-0.05, 0) is 43.7 Å². The molecule has 0 aliphatic heterocycles. The van der Waals surface area contributed by atoms with Crippen molar-refractivity contribution >= 4 is 0 Å². The van der Waals surface area contributed by atoms with Gasteiger partial charge in [-0.2, -0.15) is 0 Å². The summed E-state index contributed by atoms with van der Waals surface area (Å²) in [5, 5.41) is 3.79. The van der Waals surface area contributed by atoms with Crippen LogP contribution in [-0.4, -0.2) is 12.6 Å².